The molecule has 0 unspecified atom stereocenters. The van der Waals surface area contributed by atoms with Crippen molar-refractivity contribution in [1.82, 2.24) is 28.9 Å². The summed E-state index contributed by atoms with van der Waals surface area (Å²) in [6.07, 6.45) is 4.55. The largest absolute Gasteiger partial charge is 0.484 e. The number of ether oxygens (including phenoxy) is 2. The number of benzene rings is 1. The second kappa shape index (κ2) is 12.0. The first kappa shape index (κ1) is 26.4. The number of carbonyl (C=O) groups is 1. The van der Waals surface area contributed by atoms with Gasteiger partial charge in [-0.15, -0.1) is 0 Å². The highest BCUT2D eigenvalue weighted by Gasteiger charge is 2.16. The average molecular weight is 511 g/mol. The highest BCUT2D eigenvalue weighted by molar-refractivity contribution is 5.78. The van der Waals surface area contributed by atoms with E-state index in [0.717, 1.165) is 44.8 Å². The molecule has 37 heavy (non-hydrogen) atoms. The van der Waals surface area contributed by atoms with Gasteiger partial charge in [-0.2, -0.15) is 0 Å². The zero-order valence-electron chi connectivity index (χ0n) is 21.6. The van der Waals surface area contributed by atoms with Crippen LogP contribution in [0.4, 0.5) is 0 Å². The number of aromatic nitrogens is 4. The van der Waals surface area contributed by atoms with E-state index >= 15 is 0 Å². The molecule has 0 radical (unpaired) electrons. The van der Waals surface area contributed by atoms with E-state index < -0.39 is 0 Å². The van der Waals surface area contributed by atoms with E-state index in [-0.39, 0.29) is 23.8 Å². The molecule has 3 heterocycles. The number of morpholine rings is 1. The first-order valence-electron chi connectivity index (χ1n) is 12.5. The summed E-state index contributed by atoms with van der Waals surface area (Å²) in [4.78, 5) is 44.1. The summed E-state index contributed by atoms with van der Waals surface area (Å²) in [6.45, 7) is 7.03. The molecule has 0 atom stereocenters. The Labute approximate surface area is 214 Å². The molecule has 4 rings (SSSR count). The lowest BCUT2D eigenvalue weighted by molar-refractivity contribution is -0.123. The van der Waals surface area contributed by atoms with E-state index in [9.17, 15) is 14.4 Å². The van der Waals surface area contributed by atoms with Gasteiger partial charge in [0.25, 0.3) is 11.5 Å². The third-order valence-electron chi connectivity index (χ3n) is 6.46. The standard InChI is InChI=1S/C26H34N6O5/c1-4-32-25(34)23-24(30(3)26(32)35)28-21(29(23)2)11-8-19-6-9-20(10-7-19)37-18-22(33)27-12-5-13-31-14-16-36-17-15-31/h6-11H,4-5,12-18H2,1-3H3,(H,27,33). The minimum Gasteiger partial charge on any atom is -0.484 e. The monoisotopic (exact) mass is 510 g/mol. The minimum atomic E-state index is -0.383. The van der Waals surface area contributed by atoms with E-state index in [1.165, 1.54) is 9.13 Å². The van der Waals surface area contributed by atoms with Crippen LogP contribution in [0, 0.1) is 0 Å². The number of rotatable bonds is 10. The first-order valence-corrected chi connectivity index (χ1v) is 12.5. The summed E-state index contributed by atoms with van der Waals surface area (Å²) in [5.41, 5.74) is 0.896. The molecule has 11 nitrogen and oxygen atoms in total. The van der Waals surface area contributed by atoms with Gasteiger partial charge >= 0.3 is 5.69 Å². The van der Waals surface area contributed by atoms with E-state index in [1.807, 2.05) is 18.2 Å². The molecule has 1 saturated heterocycles. The highest BCUT2D eigenvalue weighted by atomic mass is 16.5. The van der Waals surface area contributed by atoms with Gasteiger partial charge in [-0.25, -0.2) is 9.78 Å². The van der Waals surface area contributed by atoms with Crippen molar-refractivity contribution in [2.45, 2.75) is 19.9 Å². The van der Waals surface area contributed by atoms with Crippen LogP contribution in [0.5, 0.6) is 5.75 Å². The molecule has 2 aromatic heterocycles. The Morgan fingerprint density at radius 2 is 1.84 bits per heavy atom. The predicted octanol–water partition coefficient (Wildman–Crippen LogP) is 0.841. The quantitative estimate of drug-likeness (QED) is 0.402. The van der Waals surface area contributed by atoms with Crippen LogP contribution >= 0.6 is 0 Å². The number of nitrogens with zero attached hydrogens (tertiary/aromatic N) is 5. The fourth-order valence-electron chi connectivity index (χ4n) is 4.29. The second-order valence-corrected chi connectivity index (χ2v) is 8.94. The summed E-state index contributed by atoms with van der Waals surface area (Å²) in [7, 11) is 3.37. The van der Waals surface area contributed by atoms with E-state index in [2.05, 4.69) is 15.2 Å². The van der Waals surface area contributed by atoms with E-state index in [4.69, 9.17) is 9.47 Å². The number of hydrogen-bond acceptors (Lipinski definition) is 7. The predicted molar refractivity (Wildman–Crippen MR) is 142 cm³/mol. The third kappa shape index (κ3) is 6.17. The van der Waals surface area contributed by atoms with Crippen LogP contribution in [0.2, 0.25) is 0 Å². The van der Waals surface area contributed by atoms with E-state index in [0.29, 0.717) is 35.8 Å². The number of imidazole rings is 1. The fourth-order valence-corrected chi connectivity index (χ4v) is 4.29. The van der Waals surface area contributed by atoms with Crippen LogP contribution in [0.3, 0.4) is 0 Å². The van der Waals surface area contributed by atoms with Gasteiger partial charge in [0.15, 0.2) is 17.8 Å². The molecule has 1 fully saturated rings. The number of hydrogen-bond donors (Lipinski definition) is 1. The van der Waals surface area contributed by atoms with Crippen LogP contribution in [0.25, 0.3) is 23.3 Å². The van der Waals surface area contributed by atoms with Crippen molar-refractivity contribution in [3.63, 3.8) is 0 Å². The molecule has 0 saturated carbocycles. The van der Waals surface area contributed by atoms with Gasteiger partial charge in [-0.05, 0) is 43.7 Å². The summed E-state index contributed by atoms with van der Waals surface area (Å²) < 4.78 is 15.2. The van der Waals surface area contributed by atoms with Gasteiger partial charge in [0.1, 0.15) is 11.6 Å². The first-order chi connectivity index (χ1) is 17.9. The molecule has 1 N–H and O–H groups in total. The summed E-state index contributed by atoms with van der Waals surface area (Å²) in [5, 5.41) is 2.89. The van der Waals surface area contributed by atoms with Gasteiger partial charge in [0, 0.05) is 40.3 Å². The number of nitrogens with one attached hydrogen (secondary N) is 1. The van der Waals surface area contributed by atoms with Crippen LogP contribution in [0.15, 0.2) is 33.9 Å². The molecule has 0 spiro atoms. The minimum absolute atomic E-state index is 0.0411. The molecule has 198 valence electrons. The number of amides is 1. The molecular formula is C26H34N6O5. The van der Waals surface area contributed by atoms with Gasteiger partial charge < -0.3 is 19.4 Å². The Morgan fingerprint density at radius 3 is 2.54 bits per heavy atom. The average Bonchev–Trinajstić information content (AvgIpc) is 3.25. The van der Waals surface area contributed by atoms with Crippen molar-refractivity contribution in [1.29, 1.82) is 0 Å². The lowest BCUT2D eigenvalue weighted by Crippen LogP contribution is -2.39. The Bertz CT molecular complexity index is 1380. The Kier molecular flexibility index (Phi) is 8.57. The summed E-state index contributed by atoms with van der Waals surface area (Å²) >= 11 is 0. The fraction of sp³-hybridized carbons (Fsp3) is 0.462. The molecule has 1 aliphatic heterocycles. The van der Waals surface area contributed by atoms with Crippen LogP contribution < -0.4 is 21.3 Å². The van der Waals surface area contributed by atoms with Crippen LogP contribution in [-0.4, -0.2) is 75.5 Å². The van der Waals surface area contributed by atoms with Gasteiger partial charge in [-0.3, -0.25) is 23.6 Å². The summed E-state index contributed by atoms with van der Waals surface area (Å²) in [5.74, 6) is 1.00. The number of fused-ring (bicyclic) bond motifs is 1. The molecule has 1 amide bonds. The highest BCUT2D eigenvalue weighted by Crippen LogP contribution is 2.16. The Hall–Kier alpha value is -3.70. The van der Waals surface area contributed by atoms with Crippen molar-refractivity contribution >= 4 is 29.2 Å². The third-order valence-corrected chi connectivity index (χ3v) is 6.46. The van der Waals surface area contributed by atoms with Crippen LogP contribution in [-0.2, 0) is 30.2 Å². The van der Waals surface area contributed by atoms with Crippen molar-refractivity contribution in [3.8, 4) is 5.75 Å². The molecule has 1 aromatic carbocycles. The maximum atomic E-state index is 12.7. The van der Waals surface area contributed by atoms with Crippen molar-refractivity contribution in [2.24, 2.45) is 14.1 Å². The number of carbonyl (C=O) groups excluding carboxylic acids is 1. The van der Waals surface area contributed by atoms with Crippen molar-refractivity contribution < 1.29 is 14.3 Å². The van der Waals surface area contributed by atoms with E-state index in [1.54, 1.807) is 43.8 Å². The van der Waals surface area contributed by atoms with Crippen LogP contribution in [0.1, 0.15) is 24.7 Å². The molecule has 0 bridgehead atoms. The zero-order chi connectivity index (χ0) is 26.4. The number of aryl methyl sites for hydroxylation is 2. The topological polar surface area (TPSA) is 113 Å². The second-order valence-electron chi connectivity index (χ2n) is 8.94. The SMILES string of the molecule is CCn1c(=O)c2c(nc(C=Cc3ccc(OCC(=O)NCCCN4CCOCC4)cc3)n2C)n(C)c1=O. The molecule has 1 aliphatic rings. The van der Waals surface area contributed by atoms with Crippen molar-refractivity contribution in [2.75, 3.05) is 46.0 Å². The van der Waals surface area contributed by atoms with Gasteiger partial charge in [-0.1, -0.05) is 18.2 Å². The molecule has 3 aromatic rings. The molecule has 11 heteroatoms. The summed E-state index contributed by atoms with van der Waals surface area (Å²) in [6, 6.07) is 7.33. The maximum Gasteiger partial charge on any atom is 0.332 e. The van der Waals surface area contributed by atoms with Crippen molar-refractivity contribution in [3.05, 3.63) is 56.5 Å². The Balaban J connectivity index is 1.30. The maximum absolute atomic E-state index is 12.7. The van der Waals surface area contributed by atoms with Gasteiger partial charge in [0.05, 0.1) is 13.2 Å². The lowest BCUT2D eigenvalue weighted by atomic mass is 10.2. The van der Waals surface area contributed by atoms with Gasteiger partial charge in [0.2, 0.25) is 0 Å². The zero-order valence-corrected chi connectivity index (χ0v) is 21.6. The normalized spacial score (nSPS) is 14.5. The molecular weight excluding hydrogens is 476 g/mol. The smallest absolute Gasteiger partial charge is 0.332 e. The lowest BCUT2D eigenvalue weighted by Gasteiger charge is -2.26. The molecule has 0 aliphatic carbocycles. The Morgan fingerprint density at radius 1 is 1.11 bits per heavy atom.